The number of unbranched alkanes of at least 4 members (excludes halogenated alkanes) is 3. The maximum atomic E-state index is 2.57. The molecule has 6 aromatic carbocycles. The number of hydrogen-bond acceptors (Lipinski definition) is 0. The Morgan fingerprint density at radius 3 is 1.25 bits per heavy atom. The Morgan fingerprint density at radius 1 is 0.481 bits per heavy atom. The molecule has 2 unspecified atom stereocenters. The third kappa shape index (κ3) is 7.27. The molecule has 0 nitrogen and oxygen atoms in total. The van der Waals surface area contributed by atoms with Crippen LogP contribution in [0, 0.1) is 0 Å². The normalized spacial score (nSPS) is 16.8. The van der Waals surface area contributed by atoms with Crippen molar-refractivity contribution in [3.8, 4) is 22.3 Å². The molecule has 268 valence electrons. The van der Waals surface area contributed by atoms with Crippen molar-refractivity contribution in [3.05, 3.63) is 155 Å². The van der Waals surface area contributed by atoms with Crippen LogP contribution in [0.25, 0.3) is 56.0 Å². The molecule has 52 heavy (non-hydrogen) atoms. The third-order valence-corrected chi connectivity index (χ3v) is 36.8. The number of benzene rings is 6. The zero-order valence-electron chi connectivity index (χ0n) is 31.7. The Kier molecular flexibility index (Phi) is 13.5. The van der Waals surface area contributed by atoms with Crippen molar-refractivity contribution < 1.29 is 19.4 Å². The quantitative estimate of drug-likeness (QED) is 0.106. The van der Waals surface area contributed by atoms with E-state index in [9.17, 15) is 0 Å². The molecule has 0 saturated carbocycles. The molecule has 0 saturated heterocycles. The van der Waals surface area contributed by atoms with Gasteiger partial charge in [0.1, 0.15) is 0 Å². The minimum absolute atomic E-state index is 0. The van der Waals surface area contributed by atoms with E-state index in [4.69, 9.17) is 0 Å². The summed E-state index contributed by atoms with van der Waals surface area (Å²) in [5.41, 5.74) is 14.9. The molecular weight excluding hydrogens is 767 g/mol. The number of halogens is 2. The zero-order chi connectivity index (χ0) is 34.8. The monoisotopic (exact) mass is 818 g/mol. The molecule has 2 aliphatic carbocycles. The topological polar surface area (TPSA) is 0 Å². The van der Waals surface area contributed by atoms with Gasteiger partial charge in [-0.2, -0.15) is 0 Å². The van der Waals surface area contributed by atoms with Crippen molar-refractivity contribution in [3.63, 3.8) is 0 Å². The number of allylic oxidation sites excluding steroid dienone is 2. The summed E-state index contributed by atoms with van der Waals surface area (Å²) in [5.74, 6) is 0. The molecule has 8 rings (SSSR count). The molecule has 0 fully saturated rings. The molecule has 0 aliphatic heterocycles. The summed E-state index contributed by atoms with van der Waals surface area (Å²) in [5, 5.41) is 5.32. The van der Waals surface area contributed by atoms with Gasteiger partial charge in [-0.25, -0.2) is 0 Å². The van der Waals surface area contributed by atoms with E-state index < -0.39 is 19.4 Å². The van der Waals surface area contributed by atoms with Crippen LogP contribution in [0.5, 0.6) is 0 Å². The maximum Gasteiger partial charge on any atom is -0.147 e. The van der Waals surface area contributed by atoms with E-state index in [1.807, 2.05) is 0 Å². The van der Waals surface area contributed by atoms with Gasteiger partial charge in [-0.05, 0) is 0 Å². The summed E-state index contributed by atoms with van der Waals surface area (Å²) in [6.45, 7) is 11.9. The predicted molar refractivity (Wildman–Crippen MR) is 236 cm³/mol. The van der Waals surface area contributed by atoms with Crippen LogP contribution in [0.2, 0.25) is 4.13 Å². The Balaban J connectivity index is 0.000000605. The van der Waals surface area contributed by atoms with Crippen molar-refractivity contribution in [2.75, 3.05) is 0 Å². The largest absolute Gasteiger partial charge is 0.147 e. The fraction of sp³-hybridized carbons (Fsp3) is 0.250. The predicted octanol–water partition coefficient (Wildman–Crippen LogP) is 14.2. The summed E-state index contributed by atoms with van der Waals surface area (Å²) < 4.78 is 2.60. The average molecular weight is 821 g/mol. The van der Waals surface area contributed by atoms with Crippen LogP contribution >= 0.6 is 24.8 Å². The van der Waals surface area contributed by atoms with Crippen molar-refractivity contribution in [2.24, 2.45) is 0 Å². The molecule has 0 bridgehead atoms. The van der Waals surface area contributed by atoms with Gasteiger partial charge in [0, 0.05) is 0 Å². The second-order valence-corrected chi connectivity index (χ2v) is 37.9. The van der Waals surface area contributed by atoms with Gasteiger partial charge >= 0.3 is 270 Å². The SMILES string of the molecule is CCCCCC.C[CH2][Zr]([SiH3])([CH]1C(C)=Cc2c(-c3cccc4ccccc34)cccc21)[CH]1C(C)=Cc2c(-c3cccc4ccccc34)cccc21.Cl.Cl. The van der Waals surface area contributed by atoms with E-state index in [0.717, 1.165) is 0 Å². The second-order valence-electron chi connectivity index (χ2n) is 14.9. The van der Waals surface area contributed by atoms with Crippen LogP contribution in [0.4, 0.5) is 0 Å². The summed E-state index contributed by atoms with van der Waals surface area (Å²) in [6.07, 6.45) is 10.7. The third-order valence-electron chi connectivity index (χ3n) is 11.8. The summed E-state index contributed by atoms with van der Waals surface area (Å²) in [6, 6.07) is 45.6. The molecule has 0 heterocycles. The molecule has 6 aromatic rings. The van der Waals surface area contributed by atoms with Crippen molar-refractivity contribution in [2.45, 2.75) is 71.7 Å². The van der Waals surface area contributed by atoms with Crippen molar-refractivity contribution in [1.82, 2.24) is 0 Å². The van der Waals surface area contributed by atoms with Crippen LogP contribution in [0.15, 0.2) is 132 Å². The first-order valence-electron chi connectivity index (χ1n) is 19.0. The van der Waals surface area contributed by atoms with Gasteiger partial charge in [-0.1, -0.05) is 39.5 Å². The van der Waals surface area contributed by atoms with Crippen LogP contribution in [-0.2, 0) is 19.4 Å². The van der Waals surface area contributed by atoms with Gasteiger partial charge in [0.25, 0.3) is 0 Å². The molecule has 0 spiro atoms. The fourth-order valence-electron chi connectivity index (χ4n) is 9.32. The fourth-order valence-corrected chi connectivity index (χ4v) is 31.5. The van der Waals surface area contributed by atoms with Crippen molar-refractivity contribution >= 4 is 65.9 Å². The van der Waals surface area contributed by atoms with Gasteiger partial charge in [0.2, 0.25) is 0 Å². The van der Waals surface area contributed by atoms with E-state index in [-0.39, 0.29) is 24.8 Å². The minimum atomic E-state index is -2.86. The van der Waals surface area contributed by atoms with Gasteiger partial charge in [-0.3, -0.25) is 0 Å². The van der Waals surface area contributed by atoms with E-state index >= 15 is 0 Å². The smallest absolute Gasteiger partial charge is 0.147 e. The van der Waals surface area contributed by atoms with Gasteiger partial charge in [0.15, 0.2) is 0 Å². The zero-order valence-corrected chi connectivity index (χ0v) is 37.8. The summed E-state index contributed by atoms with van der Waals surface area (Å²) in [7, 11) is 1.31. The van der Waals surface area contributed by atoms with Gasteiger partial charge in [-0.15, -0.1) is 24.8 Å². The van der Waals surface area contributed by atoms with Crippen LogP contribution in [0.1, 0.15) is 89.8 Å². The number of rotatable bonds is 8. The molecule has 0 amide bonds. The van der Waals surface area contributed by atoms with Crippen LogP contribution in [0.3, 0.4) is 0 Å². The molecular formula is C48H54Cl2SiZr. The van der Waals surface area contributed by atoms with Crippen LogP contribution in [-0.4, -0.2) is 7.37 Å². The maximum absolute atomic E-state index is 2.86. The summed E-state index contributed by atoms with van der Waals surface area (Å²) in [4.78, 5) is 0. The standard InChI is InChI=1S/2C20H15.C6H14.C2H5.2ClH.H3Si.Zr/c2*1-14-12-16-8-5-11-19(20(16)13-14)18-10-4-7-15-6-2-3-9-17(15)18;1-3-5-6-4-2;1-2;;;;/h2*2-13H,1H3;3-6H2,1-2H3;1H2,2H3;2*1H;1H3;. The number of hydrogen-bond donors (Lipinski definition) is 0. The first-order chi connectivity index (χ1) is 24.4. The Bertz CT molecular complexity index is 2080. The Labute approximate surface area is 331 Å². The second kappa shape index (κ2) is 17.4. The van der Waals surface area contributed by atoms with Gasteiger partial charge in [0.05, 0.1) is 0 Å². The molecule has 2 aliphatic rings. The Morgan fingerprint density at radius 2 is 0.846 bits per heavy atom. The van der Waals surface area contributed by atoms with E-state index in [1.165, 1.54) is 92.1 Å². The molecule has 2 atom stereocenters. The summed E-state index contributed by atoms with van der Waals surface area (Å²) >= 11 is -2.86. The Hall–Kier alpha value is -3.00. The molecule has 0 aromatic heterocycles. The minimum Gasteiger partial charge on any atom is -0.147 e. The molecule has 0 N–H and O–H groups in total. The van der Waals surface area contributed by atoms with E-state index in [2.05, 4.69) is 168 Å². The molecule has 4 heteroatoms. The van der Waals surface area contributed by atoms with Crippen molar-refractivity contribution in [1.29, 1.82) is 0 Å². The van der Waals surface area contributed by atoms with Crippen LogP contribution < -0.4 is 0 Å². The first kappa shape index (κ1) is 40.2. The average Bonchev–Trinajstić information content (AvgIpc) is 3.69. The van der Waals surface area contributed by atoms with E-state index in [1.54, 1.807) is 22.3 Å². The van der Waals surface area contributed by atoms with Gasteiger partial charge < -0.3 is 0 Å². The molecule has 0 radical (unpaired) electrons. The van der Waals surface area contributed by atoms with E-state index in [0.29, 0.717) is 7.25 Å². The number of fused-ring (bicyclic) bond motifs is 4. The first-order valence-corrected chi connectivity index (χ1v) is 31.9.